The Morgan fingerprint density at radius 1 is 1.40 bits per heavy atom. The maximum atomic E-state index is 5.12. The molecule has 0 atom stereocenters. The summed E-state index contributed by atoms with van der Waals surface area (Å²) in [6.07, 6.45) is 6.56. The third-order valence-corrected chi connectivity index (χ3v) is 4.49. The standard InChI is InChI=1S/C16H29N3O/c1-4-19-15(11-14(2)18-19)12-16(7-5-6-8-16)13-17-9-10-20-3/h11,17H,4-10,12-13H2,1-3H3. The van der Waals surface area contributed by atoms with E-state index in [9.17, 15) is 0 Å². The van der Waals surface area contributed by atoms with Gasteiger partial charge in [-0.2, -0.15) is 5.10 Å². The Bertz CT molecular complexity index is 408. The van der Waals surface area contributed by atoms with Gasteiger partial charge in [-0.1, -0.05) is 12.8 Å². The van der Waals surface area contributed by atoms with Crippen LogP contribution in [-0.4, -0.2) is 36.6 Å². The zero-order valence-corrected chi connectivity index (χ0v) is 13.2. The molecule has 1 heterocycles. The summed E-state index contributed by atoms with van der Waals surface area (Å²) in [4.78, 5) is 0. The summed E-state index contributed by atoms with van der Waals surface area (Å²) in [6.45, 7) is 8.08. The van der Waals surface area contributed by atoms with Crippen molar-refractivity contribution in [2.75, 3.05) is 26.8 Å². The van der Waals surface area contributed by atoms with E-state index < -0.39 is 0 Å². The van der Waals surface area contributed by atoms with E-state index in [2.05, 4.69) is 35.0 Å². The van der Waals surface area contributed by atoms with Crippen LogP contribution in [0.5, 0.6) is 0 Å². The van der Waals surface area contributed by atoms with Gasteiger partial charge in [-0.15, -0.1) is 0 Å². The molecule has 0 aliphatic heterocycles. The minimum absolute atomic E-state index is 0.424. The summed E-state index contributed by atoms with van der Waals surface area (Å²) in [5.74, 6) is 0. The highest BCUT2D eigenvalue weighted by Gasteiger charge is 2.34. The Morgan fingerprint density at radius 3 is 2.80 bits per heavy atom. The molecule has 0 bridgehead atoms. The summed E-state index contributed by atoms with van der Waals surface area (Å²) < 4.78 is 7.29. The maximum absolute atomic E-state index is 5.12. The van der Waals surface area contributed by atoms with Crippen LogP contribution < -0.4 is 5.32 Å². The van der Waals surface area contributed by atoms with E-state index in [1.165, 1.54) is 31.4 Å². The summed E-state index contributed by atoms with van der Waals surface area (Å²) in [5.41, 5.74) is 2.97. The lowest BCUT2D eigenvalue weighted by Crippen LogP contribution is -2.36. The number of hydrogen-bond donors (Lipinski definition) is 1. The van der Waals surface area contributed by atoms with Crippen LogP contribution in [0.3, 0.4) is 0 Å². The zero-order valence-electron chi connectivity index (χ0n) is 13.2. The molecule has 2 rings (SSSR count). The fourth-order valence-electron chi connectivity index (χ4n) is 3.47. The van der Waals surface area contributed by atoms with E-state index >= 15 is 0 Å². The molecule has 0 aromatic carbocycles. The molecule has 0 saturated heterocycles. The van der Waals surface area contributed by atoms with Crippen LogP contribution >= 0.6 is 0 Å². The van der Waals surface area contributed by atoms with E-state index in [1.807, 2.05) is 0 Å². The lowest BCUT2D eigenvalue weighted by atomic mass is 9.81. The first-order valence-corrected chi connectivity index (χ1v) is 7.92. The number of aryl methyl sites for hydroxylation is 2. The van der Waals surface area contributed by atoms with Crippen molar-refractivity contribution in [1.82, 2.24) is 15.1 Å². The van der Waals surface area contributed by atoms with Gasteiger partial charge in [0, 0.05) is 32.4 Å². The SMILES string of the molecule is CCn1nc(C)cc1CC1(CNCCOC)CCCC1. The number of nitrogens with zero attached hydrogens (tertiary/aromatic N) is 2. The Morgan fingerprint density at radius 2 is 2.15 bits per heavy atom. The molecule has 0 unspecified atom stereocenters. The molecule has 1 aromatic rings. The Kier molecular flexibility index (Phi) is 5.61. The van der Waals surface area contributed by atoms with Crippen LogP contribution in [0.15, 0.2) is 6.07 Å². The van der Waals surface area contributed by atoms with Gasteiger partial charge in [0.05, 0.1) is 12.3 Å². The van der Waals surface area contributed by atoms with E-state index in [0.29, 0.717) is 5.41 Å². The van der Waals surface area contributed by atoms with Crippen LogP contribution in [0.1, 0.15) is 44.0 Å². The van der Waals surface area contributed by atoms with Crippen molar-refractivity contribution in [3.05, 3.63) is 17.5 Å². The largest absolute Gasteiger partial charge is 0.383 e. The number of ether oxygens (including phenoxy) is 1. The first-order valence-electron chi connectivity index (χ1n) is 7.92. The molecule has 1 aromatic heterocycles. The first-order chi connectivity index (χ1) is 9.69. The number of nitrogens with one attached hydrogen (secondary N) is 1. The molecular weight excluding hydrogens is 250 g/mol. The summed E-state index contributed by atoms with van der Waals surface area (Å²) >= 11 is 0. The van der Waals surface area contributed by atoms with Crippen LogP contribution in [0.4, 0.5) is 0 Å². The van der Waals surface area contributed by atoms with Crippen LogP contribution in [0.2, 0.25) is 0 Å². The molecule has 0 amide bonds. The van der Waals surface area contributed by atoms with E-state index in [0.717, 1.165) is 38.4 Å². The molecule has 4 nitrogen and oxygen atoms in total. The molecule has 4 heteroatoms. The second-order valence-corrected chi connectivity index (χ2v) is 6.15. The molecule has 114 valence electrons. The highest BCUT2D eigenvalue weighted by Crippen LogP contribution is 2.40. The molecular formula is C16H29N3O. The smallest absolute Gasteiger partial charge is 0.0596 e. The summed E-state index contributed by atoms with van der Waals surface area (Å²) in [5, 5.41) is 8.17. The van der Waals surface area contributed by atoms with Gasteiger partial charge in [0.15, 0.2) is 0 Å². The van der Waals surface area contributed by atoms with Gasteiger partial charge in [-0.3, -0.25) is 4.68 Å². The van der Waals surface area contributed by atoms with E-state index in [1.54, 1.807) is 7.11 Å². The van der Waals surface area contributed by atoms with Crippen molar-refractivity contribution in [2.24, 2.45) is 5.41 Å². The van der Waals surface area contributed by atoms with Gasteiger partial charge < -0.3 is 10.1 Å². The fraction of sp³-hybridized carbons (Fsp3) is 0.812. The number of methoxy groups -OCH3 is 1. The molecule has 1 aliphatic rings. The lowest BCUT2D eigenvalue weighted by Gasteiger charge is -2.29. The minimum Gasteiger partial charge on any atom is -0.383 e. The van der Waals surface area contributed by atoms with E-state index in [-0.39, 0.29) is 0 Å². The monoisotopic (exact) mass is 279 g/mol. The topological polar surface area (TPSA) is 39.1 Å². The maximum Gasteiger partial charge on any atom is 0.0596 e. The molecule has 20 heavy (non-hydrogen) atoms. The Balaban J connectivity index is 2.00. The highest BCUT2D eigenvalue weighted by atomic mass is 16.5. The second-order valence-electron chi connectivity index (χ2n) is 6.15. The van der Waals surface area contributed by atoms with Crippen molar-refractivity contribution in [1.29, 1.82) is 0 Å². The average molecular weight is 279 g/mol. The van der Waals surface area contributed by atoms with Crippen molar-refractivity contribution < 1.29 is 4.74 Å². The molecule has 1 N–H and O–H groups in total. The number of hydrogen-bond acceptors (Lipinski definition) is 3. The van der Waals surface area contributed by atoms with Crippen molar-refractivity contribution in [3.63, 3.8) is 0 Å². The second kappa shape index (κ2) is 7.23. The predicted octanol–water partition coefficient (Wildman–Crippen LogP) is 2.55. The van der Waals surface area contributed by atoms with Gasteiger partial charge in [0.25, 0.3) is 0 Å². The zero-order chi connectivity index (χ0) is 14.4. The van der Waals surface area contributed by atoms with Gasteiger partial charge in [0.2, 0.25) is 0 Å². The molecule has 0 radical (unpaired) electrons. The predicted molar refractivity (Wildman–Crippen MR) is 82.0 cm³/mol. The third-order valence-electron chi connectivity index (χ3n) is 4.49. The van der Waals surface area contributed by atoms with Crippen molar-refractivity contribution in [2.45, 2.75) is 52.5 Å². The lowest BCUT2D eigenvalue weighted by molar-refractivity contribution is 0.189. The summed E-state index contributed by atoms with van der Waals surface area (Å²) in [7, 11) is 1.76. The molecule has 0 spiro atoms. The quantitative estimate of drug-likeness (QED) is 0.743. The van der Waals surface area contributed by atoms with Gasteiger partial charge >= 0.3 is 0 Å². The van der Waals surface area contributed by atoms with Gasteiger partial charge in [-0.05, 0) is 44.6 Å². The summed E-state index contributed by atoms with van der Waals surface area (Å²) in [6, 6.07) is 2.26. The fourth-order valence-corrected chi connectivity index (χ4v) is 3.47. The minimum atomic E-state index is 0.424. The normalized spacial score (nSPS) is 17.8. The molecule has 1 saturated carbocycles. The highest BCUT2D eigenvalue weighted by molar-refractivity contribution is 5.12. The third kappa shape index (κ3) is 3.83. The number of rotatable bonds is 8. The van der Waals surface area contributed by atoms with Gasteiger partial charge in [0.1, 0.15) is 0 Å². The average Bonchev–Trinajstić information content (AvgIpc) is 3.02. The molecule has 1 fully saturated rings. The van der Waals surface area contributed by atoms with Gasteiger partial charge in [-0.25, -0.2) is 0 Å². The van der Waals surface area contributed by atoms with Crippen LogP contribution in [0, 0.1) is 12.3 Å². The van der Waals surface area contributed by atoms with Crippen LogP contribution in [0.25, 0.3) is 0 Å². The number of aromatic nitrogens is 2. The van der Waals surface area contributed by atoms with Crippen LogP contribution in [-0.2, 0) is 17.7 Å². The van der Waals surface area contributed by atoms with Crippen molar-refractivity contribution >= 4 is 0 Å². The van der Waals surface area contributed by atoms with E-state index in [4.69, 9.17) is 4.74 Å². The molecule has 1 aliphatic carbocycles. The van der Waals surface area contributed by atoms with Crippen molar-refractivity contribution in [3.8, 4) is 0 Å². The Labute approximate surface area is 122 Å². The first kappa shape index (κ1) is 15.5. The Hall–Kier alpha value is -0.870.